The Hall–Kier alpha value is -2.69. The van der Waals surface area contributed by atoms with Crippen LogP contribution in [0, 0.1) is 6.92 Å². The number of hydrogen-bond acceptors (Lipinski definition) is 3. The molecule has 0 atom stereocenters. The van der Waals surface area contributed by atoms with Crippen molar-refractivity contribution in [2.24, 2.45) is 0 Å². The largest absolute Gasteiger partial charge is 0.497 e. The Balaban J connectivity index is 2.41. The predicted molar refractivity (Wildman–Crippen MR) is 99.3 cm³/mol. The van der Waals surface area contributed by atoms with Crippen molar-refractivity contribution in [1.82, 2.24) is 5.73 Å². The summed E-state index contributed by atoms with van der Waals surface area (Å²) < 4.78 is 10.9. The van der Waals surface area contributed by atoms with Crippen LogP contribution in [0.5, 0.6) is 5.75 Å². The number of carbonyl (C=O) groups is 1. The average Bonchev–Trinajstić information content (AvgIpc) is 2.53. The molecule has 25 heavy (non-hydrogen) atoms. The summed E-state index contributed by atoms with van der Waals surface area (Å²) in [5, 5.41) is 0. The number of rotatable bonds is 4. The van der Waals surface area contributed by atoms with Crippen LogP contribution in [-0.4, -0.2) is 18.8 Å². The molecule has 5 nitrogen and oxygen atoms in total. The van der Waals surface area contributed by atoms with Crippen LogP contribution < -0.4 is 15.4 Å². The molecule has 0 saturated heterocycles. The zero-order chi connectivity index (χ0) is 18.6. The van der Waals surface area contributed by atoms with E-state index in [0.29, 0.717) is 18.0 Å². The van der Waals surface area contributed by atoms with Gasteiger partial charge in [-0.25, -0.2) is 4.79 Å². The summed E-state index contributed by atoms with van der Waals surface area (Å²) in [5.41, 5.74) is 10.1. The van der Waals surface area contributed by atoms with Gasteiger partial charge in [0.2, 0.25) is 0 Å². The fourth-order valence-electron chi connectivity index (χ4n) is 2.36. The molecule has 0 aromatic heterocycles. The maximum Gasteiger partial charge on any atom is 0.415 e. The molecule has 2 aromatic carbocycles. The highest BCUT2D eigenvalue weighted by Gasteiger charge is 2.25. The summed E-state index contributed by atoms with van der Waals surface area (Å²) in [6, 6.07) is 12.7. The molecule has 0 saturated carbocycles. The molecule has 1 amide bonds. The quantitative estimate of drug-likeness (QED) is 0.798. The highest BCUT2D eigenvalue weighted by atomic mass is 16.6. The van der Waals surface area contributed by atoms with Gasteiger partial charge in [-0.2, -0.15) is 0 Å². The smallest absolute Gasteiger partial charge is 0.415 e. The molecule has 1 radical (unpaired) electrons. The molecule has 0 aliphatic carbocycles. The molecule has 0 unspecified atom stereocenters. The van der Waals surface area contributed by atoms with Crippen LogP contribution in [0.25, 0.3) is 0 Å². The van der Waals surface area contributed by atoms with Gasteiger partial charge in [-0.1, -0.05) is 18.2 Å². The van der Waals surface area contributed by atoms with Gasteiger partial charge in [0.05, 0.1) is 25.0 Å². The second-order valence-electron chi connectivity index (χ2n) is 6.92. The normalized spacial score (nSPS) is 11.1. The van der Waals surface area contributed by atoms with E-state index < -0.39 is 11.7 Å². The van der Waals surface area contributed by atoms with Crippen LogP contribution >= 0.6 is 0 Å². The monoisotopic (exact) mass is 341 g/mol. The van der Waals surface area contributed by atoms with E-state index in [1.807, 2.05) is 58.0 Å². The van der Waals surface area contributed by atoms with Crippen LogP contribution in [0.3, 0.4) is 0 Å². The summed E-state index contributed by atoms with van der Waals surface area (Å²) in [7, 11) is 1.60. The van der Waals surface area contributed by atoms with Gasteiger partial charge in [-0.3, -0.25) is 4.90 Å². The topological polar surface area (TPSA) is 62.6 Å². The molecule has 5 heteroatoms. The summed E-state index contributed by atoms with van der Waals surface area (Å²) >= 11 is 0. The third kappa shape index (κ3) is 5.14. The number of carbonyl (C=O) groups excluding carboxylic acids is 1. The van der Waals surface area contributed by atoms with Gasteiger partial charge in [-0.05, 0) is 57.0 Å². The summed E-state index contributed by atoms with van der Waals surface area (Å²) in [5.74, 6) is 0.677. The maximum absolute atomic E-state index is 12.8. The third-order valence-corrected chi connectivity index (χ3v) is 3.62. The van der Waals surface area contributed by atoms with Crippen molar-refractivity contribution in [1.29, 1.82) is 0 Å². The number of benzene rings is 2. The molecule has 0 fully saturated rings. The molecule has 0 bridgehead atoms. The summed E-state index contributed by atoms with van der Waals surface area (Å²) in [6.45, 7) is 7.82. The number of nitrogens with zero attached hydrogens (tertiary/aromatic N) is 1. The first kappa shape index (κ1) is 18.6. The predicted octanol–water partition coefficient (Wildman–Crippen LogP) is 4.86. The van der Waals surface area contributed by atoms with Crippen molar-refractivity contribution in [3.8, 4) is 5.75 Å². The van der Waals surface area contributed by atoms with Crippen LogP contribution in [-0.2, 0) is 11.3 Å². The Bertz CT molecular complexity index is 734. The maximum atomic E-state index is 12.8. The Morgan fingerprint density at radius 1 is 1.12 bits per heavy atom. The molecular formula is C20H25N2O3. The first-order chi connectivity index (χ1) is 11.7. The molecular weight excluding hydrogens is 316 g/mol. The number of anilines is 1. The Morgan fingerprint density at radius 3 is 2.32 bits per heavy atom. The van der Waals surface area contributed by atoms with E-state index in [1.54, 1.807) is 24.1 Å². The second-order valence-corrected chi connectivity index (χ2v) is 6.92. The highest BCUT2D eigenvalue weighted by Crippen LogP contribution is 2.28. The van der Waals surface area contributed by atoms with Crippen LogP contribution in [0.2, 0.25) is 0 Å². The third-order valence-electron chi connectivity index (χ3n) is 3.62. The van der Waals surface area contributed by atoms with Crippen molar-refractivity contribution >= 4 is 17.5 Å². The van der Waals surface area contributed by atoms with Crippen molar-refractivity contribution in [3.63, 3.8) is 0 Å². The minimum atomic E-state index is -0.590. The van der Waals surface area contributed by atoms with E-state index in [9.17, 15) is 4.79 Å². The van der Waals surface area contributed by atoms with Gasteiger partial charge in [-0.15, -0.1) is 0 Å². The molecule has 0 aliphatic heterocycles. The van der Waals surface area contributed by atoms with E-state index in [2.05, 4.69) is 0 Å². The molecule has 2 aromatic rings. The van der Waals surface area contributed by atoms with E-state index in [-0.39, 0.29) is 0 Å². The van der Waals surface area contributed by atoms with Gasteiger partial charge in [0.1, 0.15) is 11.4 Å². The number of methoxy groups -OCH3 is 1. The number of ether oxygens (including phenoxy) is 2. The van der Waals surface area contributed by atoms with Crippen molar-refractivity contribution in [2.45, 2.75) is 39.8 Å². The lowest BCUT2D eigenvalue weighted by molar-refractivity contribution is 0.0577. The molecule has 2 rings (SSSR count). The number of hydrogen-bond donors (Lipinski definition) is 0. The molecule has 1 N–H and O–H groups in total. The van der Waals surface area contributed by atoms with Gasteiger partial charge in [0.25, 0.3) is 0 Å². The van der Waals surface area contributed by atoms with Crippen molar-refractivity contribution in [2.75, 3.05) is 12.0 Å². The first-order valence-corrected chi connectivity index (χ1v) is 8.15. The standard InChI is InChI=1S/C20H25N2O3/c1-14-6-11-17(24-5)12-18(14)22(19(23)25-20(2,3)4)13-15-7-9-16(21)10-8-15/h6-12,21H,13H2,1-5H3. The van der Waals surface area contributed by atoms with E-state index in [0.717, 1.165) is 16.8 Å². The fraction of sp³-hybridized carbons (Fsp3) is 0.350. The van der Waals surface area contributed by atoms with Gasteiger partial charge in [0.15, 0.2) is 0 Å². The zero-order valence-corrected chi connectivity index (χ0v) is 15.4. The van der Waals surface area contributed by atoms with E-state index >= 15 is 0 Å². The lowest BCUT2D eigenvalue weighted by atomic mass is 10.1. The highest BCUT2D eigenvalue weighted by molar-refractivity contribution is 5.89. The van der Waals surface area contributed by atoms with Gasteiger partial charge >= 0.3 is 6.09 Å². The zero-order valence-electron chi connectivity index (χ0n) is 15.4. The van der Waals surface area contributed by atoms with Crippen LogP contribution in [0.1, 0.15) is 31.9 Å². The molecule has 0 spiro atoms. The lowest BCUT2D eigenvalue weighted by Gasteiger charge is -2.29. The molecule has 0 heterocycles. The Morgan fingerprint density at radius 2 is 1.76 bits per heavy atom. The van der Waals surface area contributed by atoms with Crippen molar-refractivity contribution < 1.29 is 14.3 Å². The second kappa shape index (κ2) is 7.47. The lowest BCUT2D eigenvalue weighted by Crippen LogP contribution is -2.36. The Kier molecular flexibility index (Phi) is 5.57. The van der Waals surface area contributed by atoms with Crippen LogP contribution in [0.15, 0.2) is 42.5 Å². The number of nitrogens with one attached hydrogen (secondary N) is 1. The SMILES string of the molecule is COc1ccc(C)c(N(Cc2ccc([NH])cc2)C(=O)OC(C)(C)C)c1. The number of amides is 1. The fourth-order valence-corrected chi connectivity index (χ4v) is 2.36. The summed E-state index contributed by atoms with van der Waals surface area (Å²) in [4.78, 5) is 14.4. The summed E-state index contributed by atoms with van der Waals surface area (Å²) in [6.07, 6.45) is -0.418. The Labute approximate surface area is 149 Å². The van der Waals surface area contributed by atoms with Crippen LogP contribution in [0.4, 0.5) is 16.2 Å². The minimum Gasteiger partial charge on any atom is -0.497 e. The molecule has 133 valence electrons. The van der Waals surface area contributed by atoms with E-state index in [4.69, 9.17) is 15.2 Å². The van der Waals surface area contributed by atoms with Crippen molar-refractivity contribution in [3.05, 3.63) is 53.6 Å². The minimum absolute atomic E-state index is 0.350. The first-order valence-electron chi connectivity index (χ1n) is 8.15. The average molecular weight is 341 g/mol. The van der Waals surface area contributed by atoms with E-state index in [1.165, 1.54) is 0 Å². The molecule has 0 aliphatic rings. The van der Waals surface area contributed by atoms with Gasteiger partial charge in [0, 0.05) is 6.07 Å². The van der Waals surface area contributed by atoms with Gasteiger partial charge < -0.3 is 15.2 Å². The number of aryl methyl sites for hydroxylation is 1.